The Balaban J connectivity index is 1.32. The minimum absolute atomic E-state index is 0.0981. The van der Waals surface area contributed by atoms with Crippen molar-refractivity contribution in [1.29, 1.82) is 0 Å². The van der Waals surface area contributed by atoms with Crippen molar-refractivity contribution in [3.63, 3.8) is 0 Å². The molecule has 1 aromatic carbocycles. The van der Waals surface area contributed by atoms with Gasteiger partial charge in [0.25, 0.3) is 0 Å². The zero-order chi connectivity index (χ0) is 21.2. The highest BCUT2D eigenvalue weighted by Crippen LogP contribution is 2.31. The Bertz CT molecular complexity index is 917. The van der Waals surface area contributed by atoms with Gasteiger partial charge in [-0.1, -0.05) is 12.1 Å². The lowest BCUT2D eigenvalue weighted by molar-refractivity contribution is -0.131. The van der Waals surface area contributed by atoms with E-state index in [2.05, 4.69) is 20.7 Å². The smallest absolute Gasteiger partial charge is 0.227 e. The number of hydrogen-bond donors (Lipinski definition) is 2. The van der Waals surface area contributed by atoms with Gasteiger partial charge in [0, 0.05) is 44.3 Å². The predicted octanol–water partition coefficient (Wildman–Crippen LogP) is 2.01. The van der Waals surface area contributed by atoms with Gasteiger partial charge < -0.3 is 9.80 Å². The highest BCUT2D eigenvalue weighted by Gasteiger charge is 2.42. The van der Waals surface area contributed by atoms with Gasteiger partial charge in [-0.25, -0.2) is 14.4 Å². The summed E-state index contributed by atoms with van der Waals surface area (Å²) in [4.78, 5) is 26.7. The lowest BCUT2D eigenvalue weighted by Crippen LogP contribution is -2.50. The summed E-state index contributed by atoms with van der Waals surface area (Å²) < 4.78 is 13.2. The number of aromatic nitrogens is 2. The van der Waals surface area contributed by atoms with E-state index in [1.165, 1.54) is 25.0 Å². The van der Waals surface area contributed by atoms with Crippen molar-refractivity contribution in [1.82, 2.24) is 25.7 Å². The second kappa shape index (κ2) is 8.88. The van der Waals surface area contributed by atoms with Crippen LogP contribution >= 0.6 is 0 Å². The number of nitrogens with one attached hydrogen (secondary N) is 2. The molecule has 1 amide bonds. The molecule has 1 aromatic heterocycles. The molecule has 5 rings (SSSR count). The predicted molar refractivity (Wildman–Crippen MR) is 116 cm³/mol. The minimum atomic E-state index is -0.280. The molecule has 4 heterocycles. The lowest BCUT2D eigenvalue weighted by atomic mass is 9.90. The number of carbonyl (C=O) groups excluding carboxylic acids is 1. The summed E-state index contributed by atoms with van der Waals surface area (Å²) in [6, 6.07) is 8.42. The summed E-state index contributed by atoms with van der Waals surface area (Å²) in [6.07, 6.45) is 6.50. The first-order chi connectivity index (χ1) is 15.2. The number of carbonyl (C=O) groups is 1. The topological polar surface area (TPSA) is 73.4 Å². The quantitative estimate of drug-likeness (QED) is 0.765. The van der Waals surface area contributed by atoms with Crippen LogP contribution in [0.5, 0.6) is 0 Å². The normalized spacial score (nSPS) is 26.0. The number of rotatable bonds is 5. The van der Waals surface area contributed by atoms with Gasteiger partial charge in [-0.05, 0) is 49.4 Å². The number of nitrogens with zero attached hydrogens (tertiary/aromatic N) is 4. The van der Waals surface area contributed by atoms with Crippen molar-refractivity contribution < 1.29 is 9.18 Å². The molecule has 7 nitrogen and oxygen atoms in total. The molecule has 0 bridgehead atoms. The van der Waals surface area contributed by atoms with E-state index in [1.54, 1.807) is 12.1 Å². The molecule has 0 saturated carbocycles. The number of halogens is 1. The zero-order valence-electron chi connectivity index (χ0n) is 17.6. The van der Waals surface area contributed by atoms with Crippen molar-refractivity contribution in [2.45, 2.75) is 50.1 Å². The van der Waals surface area contributed by atoms with Crippen LogP contribution in [0.15, 0.2) is 36.5 Å². The Kier molecular flexibility index (Phi) is 5.82. The third-order valence-electron chi connectivity index (χ3n) is 6.76. The molecule has 8 heteroatoms. The van der Waals surface area contributed by atoms with Crippen LogP contribution in [0.3, 0.4) is 0 Å². The molecule has 3 saturated heterocycles. The first-order valence-corrected chi connectivity index (χ1v) is 11.3. The van der Waals surface area contributed by atoms with Crippen LogP contribution in [0, 0.1) is 5.82 Å². The van der Waals surface area contributed by atoms with Crippen LogP contribution < -0.4 is 15.8 Å². The van der Waals surface area contributed by atoms with Gasteiger partial charge in [-0.15, -0.1) is 0 Å². The van der Waals surface area contributed by atoms with Gasteiger partial charge in [0.05, 0.1) is 18.2 Å². The van der Waals surface area contributed by atoms with Crippen LogP contribution in [0.25, 0.3) is 0 Å². The Hall–Kier alpha value is -2.58. The summed E-state index contributed by atoms with van der Waals surface area (Å²) in [7, 11) is 0. The van der Waals surface area contributed by atoms with E-state index < -0.39 is 0 Å². The zero-order valence-corrected chi connectivity index (χ0v) is 17.6. The molecule has 0 spiro atoms. The molecule has 3 aliphatic heterocycles. The number of amides is 1. The molecule has 3 aliphatic rings. The number of hydrazine groups is 1. The molecule has 3 fully saturated rings. The second-order valence-corrected chi connectivity index (χ2v) is 8.73. The van der Waals surface area contributed by atoms with Crippen LogP contribution in [0.1, 0.15) is 42.9 Å². The van der Waals surface area contributed by atoms with E-state index >= 15 is 0 Å². The van der Waals surface area contributed by atoms with Gasteiger partial charge in [0.15, 0.2) is 0 Å². The van der Waals surface area contributed by atoms with E-state index in [4.69, 9.17) is 4.98 Å². The van der Waals surface area contributed by atoms with E-state index in [0.29, 0.717) is 6.42 Å². The Morgan fingerprint density at radius 1 is 1.10 bits per heavy atom. The van der Waals surface area contributed by atoms with Crippen molar-refractivity contribution in [2.75, 3.05) is 31.1 Å². The lowest BCUT2D eigenvalue weighted by Gasteiger charge is -2.32. The van der Waals surface area contributed by atoms with E-state index in [-0.39, 0.29) is 29.7 Å². The third kappa shape index (κ3) is 4.27. The summed E-state index contributed by atoms with van der Waals surface area (Å²) >= 11 is 0. The Morgan fingerprint density at radius 3 is 2.71 bits per heavy atom. The van der Waals surface area contributed by atoms with Crippen molar-refractivity contribution in [3.05, 3.63) is 53.6 Å². The number of hydrogen-bond acceptors (Lipinski definition) is 6. The summed E-state index contributed by atoms with van der Waals surface area (Å²) in [5.41, 5.74) is 8.59. The number of benzene rings is 1. The first kappa shape index (κ1) is 20.3. The summed E-state index contributed by atoms with van der Waals surface area (Å²) in [5.74, 6) is 0.810. The van der Waals surface area contributed by atoms with Crippen molar-refractivity contribution in [3.8, 4) is 0 Å². The maximum absolute atomic E-state index is 13.2. The summed E-state index contributed by atoms with van der Waals surface area (Å²) in [5, 5.41) is 0. The van der Waals surface area contributed by atoms with Gasteiger partial charge in [-0.2, -0.15) is 0 Å². The summed E-state index contributed by atoms with van der Waals surface area (Å²) in [6.45, 7) is 3.57. The molecule has 2 N–H and O–H groups in total. The van der Waals surface area contributed by atoms with Gasteiger partial charge in [0.1, 0.15) is 5.82 Å². The highest BCUT2D eigenvalue weighted by atomic mass is 19.1. The van der Waals surface area contributed by atoms with E-state index in [0.717, 1.165) is 56.2 Å². The Labute approximate surface area is 182 Å². The average molecular weight is 425 g/mol. The molecule has 0 radical (unpaired) electrons. The van der Waals surface area contributed by atoms with E-state index in [9.17, 15) is 9.18 Å². The molecular formula is C23H29FN6O. The molecule has 3 atom stereocenters. The maximum atomic E-state index is 13.2. The average Bonchev–Trinajstić information content (AvgIpc) is 3.56. The SMILES string of the molecule is O=C(Cc1ccc(F)cc1)N1CCCC1C1NNCC1c1ccnc(N2CCCC2)n1. The fourth-order valence-corrected chi connectivity index (χ4v) is 5.16. The van der Waals surface area contributed by atoms with Crippen LogP contribution in [-0.4, -0.2) is 59.0 Å². The fraction of sp³-hybridized carbons (Fsp3) is 0.522. The van der Waals surface area contributed by atoms with Crippen LogP contribution in [-0.2, 0) is 11.2 Å². The molecular weight excluding hydrogens is 395 g/mol. The van der Waals surface area contributed by atoms with Gasteiger partial charge in [0.2, 0.25) is 11.9 Å². The van der Waals surface area contributed by atoms with Crippen LogP contribution in [0.4, 0.5) is 10.3 Å². The molecule has 0 aliphatic carbocycles. The molecule has 3 unspecified atom stereocenters. The number of likely N-dealkylation sites (tertiary alicyclic amines) is 1. The van der Waals surface area contributed by atoms with E-state index in [1.807, 2.05) is 17.2 Å². The standard InChI is InChI=1S/C23H29FN6O/c24-17-7-5-16(6-8-17)14-21(31)30-13-3-4-20(30)22-18(15-26-28-22)19-9-10-25-23(27-19)29-11-1-2-12-29/h5-10,18,20,22,26,28H,1-4,11-15H2. The maximum Gasteiger partial charge on any atom is 0.227 e. The van der Waals surface area contributed by atoms with Gasteiger partial charge in [-0.3, -0.25) is 15.6 Å². The Morgan fingerprint density at radius 2 is 1.90 bits per heavy atom. The first-order valence-electron chi connectivity index (χ1n) is 11.3. The minimum Gasteiger partial charge on any atom is -0.341 e. The largest absolute Gasteiger partial charge is 0.341 e. The number of anilines is 1. The second-order valence-electron chi connectivity index (χ2n) is 8.73. The molecule has 31 heavy (non-hydrogen) atoms. The molecule has 2 aromatic rings. The van der Waals surface area contributed by atoms with Crippen LogP contribution in [0.2, 0.25) is 0 Å². The fourth-order valence-electron chi connectivity index (χ4n) is 5.16. The molecule has 164 valence electrons. The van der Waals surface area contributed by atoms with Gasteiger partial charge >= 0.3 is 0 Å². The monoisotopic (exact) mass is 424 g/mol. The van der Waals surface area contributed by atoms with Crippen molar-refractivity contribution in [2.24, 2.45) is 0 Å². The third-order valence-corrected chi connectivity index (χ3v) is 6.76. The van der Waals surface area contributed by atoms with Crippen molar-refractivity contribution >= 4 is 11.9 Å². The highest BCUT2D eigenvalue weighted by molar-refractivity contribution is 5.79.